The van der Waals surface area contributed by atoms with Crippen molar-refractivity contribution >= 4 is 45.6 Å². The normalized spacial score (nSPS) is 18.0. The molecule has 20 heteroatoms. The van der Waals surface area contributed by atoms with Gasteiger partial charge in [0.15, 0.2) is 0 Å². The molecule has 1 aliphatic carbocycles. The average Bonchev–Trinajstić information content (AvgIpc) is 3.72. The molecule has 2 atom stereocenters. The maximum atomic E-state index is 14.4. The maximum Gasteiger partial charge on any atom is 0.356 e. The van der Waals surface area contributed by atoms with E-state index in [-0.39, 0.29) is 57.8 Å². The Labute approximate surface area is 323 Å². The molecule has 4 aliphatic rings. The zero-order valence-electron chi connectivity index (χ0n) is 30.5. The van der Waals surface area contributed by atoms with Gasteiger partial charge in [0.25, 0.3) is 28.7 Å². The van der Waals surface area contributed by atoms with E-state index in [0.717, 1.165) is 12.1 Å². The van der Waals surface area contributed by atoms with E-state index >= 15 is 0 Å². The molecule has 0 fully saturated rings. The molecule has 0 unspecified atom stereocenters. The van der Waals surface area contributed by atoms with Crippen molar-refractivity contribution in [2.45, 2.75) is 44.7 Å². The van der Waals surface area contributed by atoms with E-state index in [1.54, 1.807) is 6.07 Å². The number of hydrogen-bond donors (Lipinski definition) is 1. The number of phenols is 1. The Kier molecular flexibility index (Phi) is 7.74. The summed E-state index contributed by atoms with van der Waals surface area (Å²) in [7, 11) is 3.71. The summed E-state index contributed by atoms with van der Waals surface area (Å²) in [6.07, 6.45) is -2.36. The third-order valence-electron chi connectivity index (χ3n) is 10.9. The van der Waals surface area contributed by atoms with Crippen molar-refractivity contribution in [1.82, 2.24) is 14.5 Å². The van der Waals surface area contributed by atoms with Gasteiger partial charge in [-0.15, -0.1) is 0 Å². The van der Waals surface area contributed by atoms with Crippen molar-refractivity contribution < 1.29 is 43.8 Å². The van der Waals surface area contributed by atoms with Crippen LogP contribution < -0.4 is 5.56 Å². The quantitative estimate of drug-likeness (QED) is 0.125. The zero-order chi connectivity index (χ0) is 41.1. The number of esters is 2. The van der Waals surface area contributed by atoms with Crippen LogP contribution in [0.5, 0.6) is 5.75 Å². The molecule has 0 saturated heterocycles. The number of ether oxygens (including phenoxy) is 2. The number of hydrogen-bond acceptors (Lipinski definition) is 16. The second kappa shape index (κ2) is 12.4. The fraction of sp³-hybridized carbons (Fsp3) is 0.237. The first-order valence-corrected chi connectivity index (χ1v) is 17.6. The molecule has 3 aromatic carbocycles. The molecular weight excluding hydrogens is 762 g/mol. The second-order valence-electron chi connectivity index (χ2n) is 14.4. The summed E-state index contributed by atoms with van der Waals surface area (Å²) in [5.74, 6) is -2.34. The van der Waals surface area contributed by atoms with Gasteiger partial charge in [0.1, 0.15) is 18.1 Å². The Bertz CT molecular complexity index is 2900. The van der Waals surface area contributed by atoms with Crippen molar-refractivity contribution in [3.63, 3.8) is 0 Å². The minimum Gasteiger partial charge on any atom is -0.508 e. The first-order chi connectivity index (χ1) is 27.6. The number of carbonyl (C=O) groups excluding carboxylic acids is 2. The van der Waals surface area contributed by atoms with Crippen LogP contribution in [0.1, 0.15) is 58.4 Å². The molecule has 9 rings (SSSR count). The van der Waals surface area contributed by atoms with Crippen LogP contribution in [0.2, 0.25) is 0 Å². The molecule has 1 N–H and O–H groups in total. The first kappa shape index (κ1) is 36.1. The molecule has 3 aliphatic heterocycles. The zero-order valence-corrected chi connectivity index (χ0v) is 30.5. The van der Waals surface area contributed by atoms with Crippen molar-refractivity contribution in [3.8, 4) is 28.3 Å². The molecule has 58 heavy (non-hydrogen) atoms. The summed E-state index contributed by atoms with van der Waals surface area (Å²) in [5, 5.41) is 51.8. The largest absolute Gasteiger partial charge is 0.508 e. The molecule has 0 bridgehead atoms. The third kappa shape index (κ3) is 4.94. The molecule has 0 spiro atoms. The Morgan fingerprint density at radius 2 is 1.76 bits per heavy atom. The number of pyridine rings is 2. The van der Waals surface area contributed by atoms with Gasteiger partial charge in [0.2, 0.25) is 5.60 Å². The van der Waals surface area contributed by atoms with Crippen LogP contribution in [0.3, 0.4) is 0 Å². The molecule has 0 saturated carbocycles. The van der Waals surface area contributed by atoms with Gasteiger partial charge in [0.05, 0.1) is 61.0 Å². The lowest BCUT2D eigenvalue weighted by atomic mass is 9.85. The smallest absolute Gasteiger partial charge is 0.356 e. The molecule has 2 aromatic heterocycles. The highest BCUT2D eigenvalue weighted by Crippen LogP contribution is 2.53. The van der Waals surface area contributed by atoms with Gasteiger partial charge in [-0.2, -0.15) is 0 Å². The average molecular weight is 790 g/mol. The summed E-state index contributed by atoms with van der Waals surface area (Å²) < 4.78 is 12.9. The van der Waals surface area contributed by atoms with Crippen molar-refractivity contribution in [3.05, 3.63) is 128 Å². The topological polar surface area (TPSA) is 262 Å². The summed E-state index contributed by atoms with van der Waals surface area (Å²) >= 11 is 0. The van der Waals surface area contributed by atoms with Crippen molar-refractivity contribution in [1.29, 1.82) is 0 Å². The molecule has 5 aromatic rings. The molecule has 292 valence electrons. The number of aromatic nitrogens is 2. The van der Waals surface area contributed by atoms with Crippen LogP contribution in [-0.2, 0) is 49.2 Å². The van der Waals surface area contributed by atoms with Gasteiger partial charge in [-0.25, -0.2) is 14.6 Å². The third-order valence-corrected chi connectivity index (χ3v) is 10.9. The number of cyclic esters (lactones) is 1. The van der Waals surface area contributed by atoms with E-state index in [9.17, 15) is 49.8 Å². The Balaban J connectivity index is 1.17. The van der Waals surface area contributed by atoms with E-state index in [1.807, 2.05) is 25.1 Å². The SMILES string of the molecule is CC[C@@]1(OC(=O)[C@@H]2ON=C3c4cc([N+](=O)[O-])ccc4-c4c([N+](=O)[O-])cc([N+](=O)[O-])c2c43)C(=O)OCc2c1cc1n(c2=O)Cc2cc3c(CN(C)C)c(O)ccc3nc2-1. The minimum absolute atomic E-state index is 0.00240. The highest BCUT2D eigenvalue weighted by Gasteiger charge is 2.54. The van der Waals surface area contributed by atoms with Crippen LogP contribution in [0.25, 0.3) is 33.4 Å². The number of fused-ring (bicyclic) bond motifs is 8. The lowest BCUT2D eigenvalue weighted by molar-refractivity contribution is -0.394. The number of nitrogens with zero attached hydrogens (tertiary/aromatic N) is 7. The maximum absolute atomic E-state index is 14.4. The van der Waals surface area contributed by atoms with E-state index in [1.165, 1.54) is 29.7 Å². The number of phenolic OH excluding ortho intramolecular Hbond substituents is 1. The van der Waals surface area contributed by atoms with E-state index in [2.05, 4.69) is 5.16 Å². The predicted molar refractivity (Wildman–Crippen MR) is 199 cm³/mol. The van der Waals surface area contributed by atoms with Crippen LogP contribution in [0.15, 0.2) is 58.5 Å². The summed E-state index contributed by atoms with van der Waals surface area (Å²) in [5.41, 5.74) is -3.40. The monoisotopic (exact) mass is 789 g/mol. The Hall–Kier alpha value is -7.61. The summed E-state index contributed by atoms with van der Waals surface area (Å²) in [6, 6.07) is 10.6. The standard InChI is InChI=1S/C38H27N7O13/c1-4-38(23-11-27-32-16(13-42(27)35(47)22(23)15-56-37(38)49)9-19-21(14-41(2)3)28(46)8-7-24(19)39-32)57-36(48)34-30-26(45(54)55)12-25(44(52)53)29-18-6-5-17(43(50)51)10-20(18)33(31(29)30)40-58-34/h5-12,34,46H,4,13-15H2,1-3H3/t34-,38+/m1/s1. The number of carbonyl (C=O) groups is 2. The number of oxime groups is 1. The number of rotatable bonds is 8. The van der Waals surface area contributed by atoms with Gasteiger partial charge in [-0.1, -0.05) is 12.1 Å². The predicted octanol–water partition coefficient (Wildman–Crippen LogP) is 4.63. The fourth-order valence-electron chi connectivity index (χ4n) is 8.32. The number of non-ortho nitro benzene ring substituents is 1. The fourth-order valence-corrected chi connectivity index (χ4v) is 8.32. The number of nitro benzene ring substituents is 3. The summed E-state index contributed by atoms with van der Waals surface area (Å²) in [4.78, 5) is 88.7. The number of aromatic hydroxyl groups is 1. The highest BCUT2D eigenvalue weighted by atomic mass is 16.7. The Morgan fingerprint density at radius 1 is 1.00 bits per heavy atom. The van der Waals surface area contributed by atoms with Gasteiger partial charge in [-0.3, -0.25) is 35.1 Å². The van der Waals surface area contributed by atoms with Gasteiger partial charge in [0, 0.05) is 51.9 Å². The molecule has 0 amide bonds. The van der Waals surface area contributed by atoms with E-state index in [4.69, 9.17) is 19.3 Å². The van der Waals surface area contributed by atoms with Crippen molar-refractivity contribution in [2.75, 3.05) is 14.1 Å². The molecular formula is C38H27N7O13. The van der Waals surface area contributed by atoms with Gasteiger partial charge >= 0.3 is 11.9 Å². The number of benzene rings is 3. The number of nitro groups is 3. The van der Waals surface area contributed by atoms with Crippen LogP contribution in [0.4, 0.5) is 17.1 Å². The van der Waals surface area contributed by atoms with Crippen LogP contribution in [0, 0.1) is 30.3 Å². The lowest BCUT2D eigenvalue weighted by Crippen LogP contribution is -2.48. The second-order valence-corrected chi connectivity index (χ2v) is 14.4. The molecule has 5 heterocycles. The van der Waals surface area contributed by atoms with Gasteiger partial charge < -0.3 is 28.9 Å². The van der Waals surface area contributed by atoms with Crippen LogP contribution in [-0.4, -0.2) is 66.1 Å². The lowest BCUT2D eigenvalue weighted by Gasteiger charge is -2.36. The summed E-state index contributed by atoms with van der Waals surface area (Å²) in [6.45, 7) is 1.55. The van der Waals surface area contributed by atoms with Gasteiger partial charge in [-0.05, 0) is 56.4 Å². The van der Waals surface area contributed by atoms with Crippen molar-refractivity contribution in [2.24, 2.45) is 5.16 Å². The molecule has 20 nitrogen and oxygen atoms in total. The minimum atomic E-state index is -2.29. The van der Waals surface area contributed by atoms with Crippen LogP contribution >= 0.6 is 0 Å². The highest BCUT2D eigenvalue weighted by molar-refractivity contribution is 6.28. The van der Waals surface area contributed by atoms with E-state index in [0.29, 0.717) is 46.0 Å². The Morgan fingerprint density at radius 3 is 2.45 bits per heavy atom. The first-order valence-electron chi connectivity index (χ1n) is 17.6. The molecule has 0 radical (unpaired) electrons. The van der Waals surface area contributed by atoms with E-state index < -0.39 is 73.2 Å².